The van der Waals surface area contributed by atoms with E-state index in [2.05, 4.69) is 20.4 Å². The zero-order valence-electron chi connectivity index (χ0n) is 12.6. The van der Waals surface area contributed by atoms with E-state index >= 15 is 0 Å². The molecule has 1 aromatic heterocycles. The van der Waals surface area contributed by atoms with Crippen LogP contribution >= 0.6 is 0 Å². The molecule has 0 bridgehead atoms. The molecule has 2 saturated heterocycles. The van der Waals surface area contributed by atoms with Crippen molar-refractivity contribution in [3.63, 3.8) is 0 Å². The molecule has 1 aromatic rings. The molecule has 0 aliphatic carbocycles. The summed E-state index contributed by atoms with van der Waals surface area (Å²) in [4.78, 5) is 16.6. The van der Waals surface area contributed by atoms with Gasteiger partial charge >= 0.3 is 0 Å². The zero-order valence-corrected chi connectivity index (χ0v) is 12.6. The molecular formula is C15H23N5O. The first-order valence-electron chi connectivity index (χ1n) is 7.83. The van der Waals surface area contributed by atoms with Crippen molar-refractivity contribution in [2.45, 2.75) is 31.7 Å². The summed E-state index contributed by atoms with van der Waals surface area (Å²) in [6.45, 7) is 3.65. The number of anilines is 1. The summed E-state index contributed by atoms with van der Waals surface area (Å²) in [6, 6.07) is 4.12. The van der Waals surface area contributed by atoms with Crippen LogP contribution in [0, 0.1) is 0 Å². The highest BCUT2D eigenvalue weighted by atomic mass is 16.2. The van der Waals surface area contributed by atoms with Crippen molar-refractivity contribution in [1.82, 2.24) is 20.4 Å². The van der Waals surface area contributed by atoms with Gasteiger partial charge in [-0.2, -0.15) is 0 Å². The highest BCUT2D eigenvalue weighted by molar-refractivity contribution is 5.92. The molecule has 0 spiro atoms. The van der Waals surface area contributed by atoms with Crippen molar-refractivity contribution in [2.24, 2.45) is 0 Å². The molecule has 0 unspecified atom stereocenters. The number of hydrogen-bond donors (Lipinski definition) is 1. The van der Waals surface area contributed by atoms with E-state index in [1.165, 1.54) is 12.8 Å². The molecule has 1 atom stereocenters. The molecule has 0 radical (unpaired) electrons. The Hall–Kier alpha value is -1.69. The van der Waals surface area contributed by atoms with Gasteiger partial charge in [-0.05, 0) is 44.9 Å². The Labute approximate surface area is 125 Å². The van der Waals surface area contributed by atoms with E-state index in [9.17, 15) is 4.79 Å². The summed E-state index contributed by atoms with van der Waals surface area (Å²) in [6.07, 6.45) is 4.58. The summed E-state index contributed by atoms with van der Waals surface area (Å²) in [5, 5.41) is 11.6. The molecular weight excluding hydrogens is 266 g/mol. The Morgan fingerprint density at radius 2 is 2.00 bits per heavy atom. The average molecular weight is 289 g/mol. The number of carbonyl (C=O) groups is 1. The first-order valence-corrected chi connectivity index (χ1v) is 7.83. The van der Waals surface area contributed by atoms with Gasteiger partial charge in [0.05, 0.1) is 0 Å². The topological polar surface area (TPSA) is 61.4 Å². The molecule has 1 N–H and O–H groups in total. The van der Waals surface area contributed by atoms with Crippen molar-refractivity contribution in [2.75, 3.05) is 38.1 Å². The summed E-state index contributed by atoms with van der Waals surface area (Å²) in [7, 11) is 1.95. The van der Waals surface area contributed by atoms with E-state index in [-0.39, 0.29) is 5.91 Å². The van der Waals surface area contributed by atoms with Crippen molar-refractivity contribution in [1.29, 1.82) is 0 Å². The SMILES string of the molecule is CN[C@H]1CCCN(C(=O)c2ccc(N3CCCC3)nn2)C1. The van der Waals surface area contributed by atoms with Crippen LogP contribution in [0.25, 0.3) is 0 Å². The highest BCUT2D eigenvalue weighted by Crippen LogP contribution is 2.18. The number of piperidine rings is 1. The normalized spacial score (nSPS) is 22.6. The number of carbonyl (C=O) groups excluding carboxylic acids is 1. The Morgan fingerprint density at radius 1 is 1.19 bits per heavy atom. The van der Waals surface area contributed by atoms with Gasteiger partial charge in [-0.25, -0.2) is 0 Å². The predicted octanol–water partition coefficient (Wildman–Crippen LogP) is 0.901. The third kappa shape index (κ3) is 3.15. The van der Waals surface area contributed by atoms with Gasteiger partial charge in [0.1, 0.15) is 0 Å². The molecule has 6 heteroatoms. The lowest BCUT2D eigenvalue weighted by Crippen LogP contribution is -2.47. The van der Waals surface area contributed by atoms with Gasteiger partial charge in [0, 0.05) is 32.2 Å². The Kier molecular flexibility index (Phi) is 4.34. The third-order valence-corrected chi connectivity index (χ3v) is 4.42. The van der Waals surface area contributed by atoms with Crippen LogP contribution in [-0.2, 0) is 0 Å². The number of hydrogen-bond acceptors (Lipinski definition) is 5. The fourth-order valence-electron chi connectivity index (χ4n) is 3.11. The lowest BCUT2D eigenvalue weighted by molar-refractivity contribution is 0.0691. The molecule has 2 fully saturated rings. The van der Waals surface area contributed by atoms with Gasteiger partial charge in [0.15, 0.2) is 11.5 Å². The Morgan fingerprint density at radius 3 is 2.67 bits per heavy atom. The van der Waals surface area contributed by atoms with E-state index in [1.807, 2.05) is 24.1 Å². The zero-order chi connectivity index (χ0) is 14.7. The van der Waals surface area contributed by atoms with Crippen molar-refractivity contribution < 1.29 is 4.79 Å². The Bertz CT molecular complexity index is 483. The van der Waals surface area contributed by atoms with Crippen molar-refractivity contribution in [3.8, 4) is 0 Å². The second kappa shape index (κ2) is 6.39. The molecule has 21 heavy (non-hydrogen) atoms. The lowest BCUT2D eigenvalue weighted by atomic mass is 10.1. The minimum Gasteiger partial charge on any atom is -0.355 e. The fourth-order valence-corrected chi connectivity index (χ4v) is 3.11. The van der Waals surface area contributed by atoms with Crippen LogP contribution in [0.1, 0.15) is 36.2 Å². The minimum atomic E-state index is -0.00424. The van der Waals surface area contributed by atoms with Crippen LogP contribution in [0.5, 0.6) is 0 Å². The van der Waals surface area contributed by atoms with Gasteiger partial charge in [0.25, 0.3) is 5.91 Å². The number of aromatic nitrogens is 2. The summed E-state index contributed by atoms with van der Waals surface area (Å²) >= 11 is 0. The third-order valence-electron chi connectivity index (χ3n) is 4.42. The maximum atomic E-state index is 12.5. The molecule has 6 nitrogen and oxygen atoms in total. The monoisotopic (exact) mass is 289 g/mol. The average Bonchev–Trinajstić information content (AvgIpc) is 3.09. The number of nitrogens with zero attached hydrogens (tertiary/aromatic N) is 4. The first-order chi connectivity index (χ1) is 10.3. The van der Waals surface area contributed by atoms with Gasteiger partial charge in [-0.3, -0.25) is 4.79 Å². The summed E-state index contributed by atoms with van der Waals surface area (Å²) in [5.74, 6) is 0.881. The van der Waals surface area contributed by atoms with E-state index in [4.69, 9.17) is 0 Å². The van der Waals surface area contributed by atoms with Crippen LogP contribution in [0.2, 0.25) is 0 Å². The molecule has 0 aromatic carbocycles. The van der Waals surface area contributed by atoms with Gasteiger partial charge in [-0.15, -0.1) is 10.2 Å². The van der Waals surface area contributed by atoms with Crippen LogP contribution in [0.3, 0.4) is 0 Å². The fraction of sp³-hybridized carbons (Fsp3) is 0.667. The number of rotatable bonds is 3. The van der Waals surface area contributed by atoms with E-state index in [0.29, 0.717) is 11.7 Å². The van der Waals surface area contributed by atoms with Gasteiger partial charge in [-0.1, -0.05) is 0 Å². The van der Waals surface area contributed by atoms with Crippen molar-refractivity contribution >= 4 is 11.7 Å². The van der Waals surface area contributed by atoms with Crippen LogP contribution in [0.15, 0.2) is 12.1 Å². The quantitative estimate of drug-likeness (QED) is 0.896. The predicted molar refractivity (Wildman–Crippen MR) is 81.5 cm³/mol. The smallest absolute Gasteiger partial charge is 0.274 e. The summed E-state index contributed by atoms with van der Waals surface area (Å²) < 4.78 is 0. The van der Waals surface area contributed by atoms with Crippen LogP contribution in [-0.4, -0.2) is 60.3 Å². The number of likely N-dealkylation sites (N-methyl/N-ethyl adjacent to an activating group) is 1. The second-order valence-corrected chi connectivity index (χ2v) is 5.85. The Balaban J connectivity index is 1.66. The molecule has 1 amide bonds. The molecule has 2 aliphatic heterocycles. The van der Waals surface area contributed by atoms with Crippen LogP contribution in [0.4, 0.5) is 5.82 Å². The largest absolute Gasteiger partial charge is 0.355 e. The van der Waals surface area contributed by atoms with E-state index in [0.717, 1.165) is 44.8 Å². The first kappa shape index (κ1) is 14.3. The lowest BCUT2D eigenvalue weighted by Gasteiger charge is -2.32. The van der Waals surface area contributed by atoms with Gasteiger partial charge < -0.3 is 15.1 Å². The number of likely N-dealkylation sites (tertiary alicyclic amines) is 1. The van der Waals surface area contributed by atoms with Gasteiger partial charge in [0.2, 0.25) is 0 Å². The van der Waals surface area contributed by atoms with E-state index in [1.54, 1.807) is 0 Å². The molecule has 3 rings (SSSR count). The van der Waals surface area contributed by atoms with E-state index < -0.39 is 0 Å². The van der Waals surface area contributed by atoms with Crippen LogP contribution < -0.4 is 10.2 Å². The molecule has 2 aliphatic rings. The molecule has 114 valence electrons. The number of amides is 1. The second-order valence-electron chi connectivity index (χ2n) is 5.85. The molecule has 3 heterocycles. The molecule has 0 saturated carbocycles. The minimum absolute atomic E-state index is 0.00424. The highest BCUT2D eigenvalue weighted by Gasteiger charge is 2.24. The maximum Gasteiger partial charge on any atom is 0.274 e. The summed E-state index contributed by atoms with van der Waals surface area (Å²) in [5.41, 5.74) is 0.453. The maximum absolute atomic E-state index is 12.5. The number of nitrogens with one attached hydrogen (secondary N) is 1. The standard InChI is InChI=1S/C15H23N5O/c1-16-12-5-4-10-20(11-12)15(21)13-6-7-14(18-17-13)19-8-2-3-9-19/h6-7,12,16H,2-5,8-11H2,1H3/t12-/m0/s1. The van der Waals surface area contributed by atoms with Crippen molar-refractivity contribution in [3.05, 3.63) is 17.8 Å².